The Morgan fingerprint density at radius 3 is 2.73 bits per heavy atom. The Morgan fingerprint density at radius 2 is 2.05 bits per heavy atom. The van der Waals surface area contributed by atoms with Crippen LogP contribution >= 0.6 is 0 Å². The number of nitrogens with one attached hydrogen (secondary N) is 1. The van der Waals surface area contributed by atoms with Crippen molar-refractivity contribution in [2.75, 3.05) is 6.54 Å². The zero-order chi connectivity index (χ0) is 15.7. The van der Waals surface area contributed by atoms with Crippen molar-refractivity contribution >= 4 is 0 Å². The first-order valence-electron chi connectivity index (χ1n) is 7.01. The number of halogens is 3. The Hall–Kier alpha value is -1.86. The number of aromatic amines is 1. The fourth-order valence-corrected chi connectivity index (χ4v) is 3.01. The zero-order valence-corrected chi connectivity index (χ0v) is 11.7. The highest BCUT2D eigenvalue weighted by Gasteiger charge is 2.39. The van der Waals surface area contributed by atoms with Gasteiger partial charge in [-0.1, -0.05) is 18.2 Å². The predicted molar refractivity (Wildman–Crippen MR) is 73.8 cm³/mol. The molecular formula is C15H16F3N3O. The summed E-state index contributed by atoms with van der Waals surface area (Å²) in [6, 6.07) is 6.88. The third-order valence-corrected chi connectivity index (χ3v) is 3.94. The molecule has 1 fully saturated rings. The quantitative estimate of drug-likeness (QED) is 0.916. The average molecular weight is 311 g/mol. The lowest BCUT2D eigenvalue weighted by atomic mass is 9.97. The van der Waals surface area contributed by atoms with Crippen LogP contribution in [0, 0.1) is 0 Å². The highest BCUT2D eigenvalue weighted by atomic mass is 19.4. The number of hydrogen-bond acceptors (Lipinski definition) is 3. The summed E-state index contributed by atoms with van der Waals surface area (Å²) >= 11 is 0. The van der Waals surface area contributed by atoms with E-state index in [-0.39, 0.29) is 5.56 Å². The first-order valence-corrected chi connectivity index (χ1v) is 7.01. The van der Waals surface area contributed by atoms with Gasteiger partial charge in [0.05, 0.1) is 11.7 Å². The largest absolute Gasteiger partial charge is 0.416 e. The minimum absolute atomic E-state index is 0.214. The lowest BCUT2D eigenvalue weighted by molar-refractivity contribution is -0.138. The number of nitrogens with zero attached hydrogens (tertiary/aromatic N) is 2. The molecule has 2 unspecified atom stereocenters. The second-order valence-corrected chi connectivity index (χ2v) is 5.50. The molecular weight excluding hydrogens is 295 g/mol. The van der Waals surface area contributed by atoms with Crippen LogP contribution in [0.4, 0.5) is 13.2 Å². The molecule has 118 valence electrons. The summed E-state index contributed by atoms with van der Waals surface area (Å²) in [6.45, 7) is 0.768. The molecule has 0 spiro atoms. The molecule has 2 heterocycles. The van der Waals surface area contributed by atoms with Crippen molar-refractivity contribution in [3.63, 3.8) is 0 Å². The van der Waals surface area contributed by atoms with Crippen LogP contribution in [0.3, 0.4) is 0 Å². The topological polar surface area (TPSA) is 52.1 Å². The summed E-state index contributed by atoms with van der Waals surface area (Å²) in [7, 11) is 0. The van der Waals surface area contributed by atoms with Crippen molar-refractivity contribution in [1.29, 1.82) is 0 Å². The van der Waals surface area contributed by atoms with E-state index in [1.807, 2.05) is 4.90 Å². The number of hydrogen-bond donors (Lipinski definition) is 2. The van der Waals surface area contributed by atoms with Crippen LogP contribution in [0.15, 0.2) is 36.5 Å². The SMILES string of the molecule is OC1CC(c2ccccc2C(F)(F)F)N(Cc2ccn[nH]2)C1. The van der Waals surface area contributed by atoms with Crippen molar-refractivity contribution in [2.24, 2.45) is 0 Å². The van der Waals surface area contributed by atoms with Crippen LogP contribution in [0.1, 0.15) is 29.3 Å². The first-order chi connectivity index (χ1) is 10.4. The molecule has 7 heteroatoms. The van der Waals surface area contributed by atoms with Gasteiger partial charge in [-0.15, -0.1) is 0 Å². The molecule has 0 radical (unpaired) electrons. The summed E-state index contributed by atoms with van der Waals surface area (Å²) < 4.78 is 39.6. The smallest absolute Gasteiger partial charge is 0.392 e. The van der Waals surface area contributed by atoms with E-state index in [1.54, 1.807) is 18.3 Å². The zero-order valence-electron chi connectivity index (χ0n) is 11.7. The van der Waals surface area contributed by atoms with Crippen LogP contribution in [-0.4, -0.2) is 32.9 Å². The van der Waals surface area contributed by atoms with Gasteiger partial charge in [0.25, 0.3) is 0 Å². The molecule has 1 aromatic heterocycles. The third kappa shape index (κ3) is 3.00. The second kappa shape index (κ2) is 5.73. The molecule has 0 amide bonds. The highest BCUT2D eigenvalue weighted by molar-refractivity contribution is 5.33. The fourth-order valence-electron chi connectivity index (χ4n) is 3.01. The Balaban J connectivity index is 1.92. The number of likely N-dealkylation sites (tertiary alicyclic amines) is 1. The number of alkyl halides is 3. The number of H-pyrrole nitrogens is 1. The van der Waals surface area contributed by atoms with Crippen molar-refractivity contribution in [3.8, 4) is 0 Å². The second-order valence-electron chi connectivity index (χ2n) is 5.50. The highest BCUT2D eigenvalue weighted by Crippen LogP contribution is 2.40. The minimum atomic E-state index is -4.40. The van der Waals surface area contributed by atoms with Crippen LogP contribution in [-0.2, 0) is 12.7 Å². The number of rotatable bonds is 3. The average Bonchev–Trinajstić information content (AvgIpc) is 3.08. The molecule has 22 heavy (non-hydrogen) atoms. The molecule has 2 aromatic rings. The maximum atomic E-state index is 13.2. The molecule has 0 saturated carbocycles. The van der Waals surface area contributed by atoms with Crippen molar-refractivity contribution < 1.29 is 18.3 Å². The summed E-state index contributed by atoms with van der Waals surface area (Å²) in [5.74, 6) is 0. The van der Waals surface area contributed by atoms with Gasteiger partial charge in [-0.05, 0) is 24.1 Å². The number of aliphatic hydroxyl groups excluding tert-OH is 1. The van der Waals surface area contributed by atoms with Crippen LogP contribution in [0.2, 0.25) is 0 Å². The van der Waals surface area contributed by atoms with E-state index >= 15 is 0 Å². The normalized spacial score (nSPS) is 23.1. The Labute approximate surface area is 125 Å². The van der Waals surface area contributed by atoms with Crippen molar-refractivity contribution in [1.82, 2.24) is 15.1 Å². The van der Waals surface area contributed by atoms with Gasteiger partial charge in [-0.25, -0.2) is 0 Å². The van der Waals surface area contributed by atoms with Gasteiger partial charge in [0, 0.05) is 31.0 Å². The fraction of sp³-hybridized carbons (Fsp3) is 0.400. The van der Waals surface area contributed by atoms with E-state index in [9.17, 15) is 18.3 Å². The summed E-state index contributed by atoms with van der Waals surface area (Å²) in [5.41, 5.74) is 0.387. The Kier molecular flexibility index (Phi) is 3.92. The summed E-state index contributed by atoms with van der Waals surface area (Å²) in [5, 5.41) is 16.5. The van der Waals surface area contributed by atoms with E-state index < -0.39 is 23.9 Å². The molecule has 3 rings (SSSR count). The minimum Gasteiger partial charge on any atom is -0.392 e. The Morgan fingerprint density at radius 1 is 1.27 bits per heavy atom. The first kappa shape index (κ1) is 15.1. The van der Waals surface area contributed by atoms with Gasteiger partial charge in [-0.2, -0.15) is 18.3 Å². The molecule has 4 nitrogen and oxygen atoms in total. The van der Waals surface area contributed by atoms with Gasteiger partial charge in [0.1, 0.15) is 0 Å². The van der Waals surface area contributed by atoms with Crippen molar-refractivity contribution in [2.45, 2.75) is 31.3 Å². The van der Waals surface area contributed by atoms with Gasteiger partial charge < -0.3 is 5.11 Å². The van der Waals surface area contributed by atoms with Crippen molar-refractivity contribution in [3.05, 3.63) is 53.3 Å². The van der Waals surface area contributed by atoms with Crippen LogP contribution in [0.25, 0.3) is 0 Å². The van der Waals surface area contributed by atoms with Gasteiger partial charge in [-0.3, -0.25) is 10.00 Å². The standard InChI is InChI=1S/C15H16F3N3O/c16-15(17,18)13-4-2-1-3-12(13)14-7-11(22)9-21(14)8-10-5-6-19-20-10/h1-6,11,14,22H,7-9H2,(H,19,20). The number of benzene rings is 1. The molecule has 0 aliphatic carbocycles. The Bertz CT molecular complexity index is 627. The molecule has 2 atom stereocenters. The summed E-state index contributed by atoms with van der Waals surface area (Å²) in [4.78, 5) is 1.85. The van der Waals surface area contributed by atoms with Gasteiger partial charge in [0.15, 0.2) is 0 Å². The molecule has 1 aliphatic heterocycles. The van der Waals surface area contributed by atoms with Gasteiger partial charge in [0.2, 0.25) is 0 Å². The number of aromatic nitrogens is 2. The van der Waals surface area contributed by atoms with E-state index in [0.717, 1.165) is 11.8 Å². The summed E-state index contributed by atoms with van der Waals surface area (Å²) in [6.07, 6.45) is -3.14. The van der Waals surface area contributed by atoms with Crippen LogP contribution in [0.5, 0.6) is 0 Å². The lowest BCUT2D eigenvalue weighted by Gasteiger charge is -2.26. The molecule has 2 N–H and O–H groups in total. The maximum absolute atomic E-state index is 13.2. The maximum Gasteiger partial charge on any atom is 0.416 e. The van der Waals surface area contributed by atoms with Crippen LogP contribution < -0.4 is 0 Å². The third-order valence-electron chi connectivity index (χ3n) is 3.94. The monoisotopic (exact) mass is 311 g/mol. The van der Waals surface area contributed by atoms with E-state index in [0.29, 0.717) is 19.5 Å². The lowest BCUT2D eigenvalue weighted by Crippen LogP contribution is -2.26. The van der Waals surface area contributed by atoms with Gasteiger partial charge >= 0.3 is 6.18 Å². The molecule has 1 saturated heterocycles. The molecule has 0 bridgehead atoms. The predicted octanol–water partition coefficient (Wildman–Crippen LogP) is 2.74. The number of β-amino-alcohol motifs (C(OH)–C–C–N with tert-alkyl or cyclic N) is 1. The number of aliphatic hydroxyl groups is 1. The molecule has 1 aromatic carbocycles. The van der Waals surface area contributed by atoms with E-state index in [2.05, 4.69) is 10.2 Å². The molecule has 1 aliphatic rings. The van der Waals surface area contributed by atoms with E-state index in [1.165, 1.54) is 12.1 Å². The van der Waals surface area contributed by atoms with E-state index in [4.69, 9.17) is 0 Å².